The molecule has 17 heavy (non-hydrogen) atoms. The third-order valence-electron chi connectivity index (χ3n) is 2.94. The van der Waals surface area contributed by atoms with Crippen molar-refractivity contribution in [1.29, 1.82) is 0 Å². The molecule has 0 aromatic heterocycles. The van der Waals surface area contributed by atoms with Crippen LogP contribution >= 0.6 is 0 Å². The van der Waals surface area contributed by atoms with Gasteiger partial charge in [0.25, 0.3) is 20.4 Å². The Bertz CT molecular complexity index is 273. The van der Waals surface area contributed by atoms with Crippen LogP contribution in [0.1, 0.15) is 34.6 Å². The van der Waals surface area contributed by atoms with Gasteiger partial charge in [-0.2, -0.15) is 0 Å². The molecule has 0 heterocycles. The molecule has 0 spiro atoms. The summed E-state index contributed by atoms with van der Waals surface area (Å²) in [6.07, 6.45) is 0. The van der Waals surface area contributed by atoms with Gasteiger partial charge in [0.05, 0.1) is 0 Å². The van der Waals surface area contributed by atoms with Crippen LogP contribution in [0.15, 0.2) is 20.8 Å². The Morgan fingerprint density at radius 3 is 1.18 bits per heavy atom. The molecule has 0 bridgehead atoms. The molecule has 0 saturated heterocycles. The van der Waals surface area contributed by atoms with Gasteiger partial charge in [-0.05, 0) is 0 Å². The van der Waals surface area contributed by atoms with Crippen LogP contribution in [0.2, 0.25) is 0 Å². The van der Waals surface area contributed by atoms with Gasteiger partial charge >= 0.3 is 80.0 Å². The Morgan fingerprint density at radius 2 is 1.12 bits per heavy atom. The van der Waals surface area contributed by atoms with Crippen molar-refractivity contribution in [1.82, 2.24) is 0 Å². The topological polar surface area (TPSA) is 51.2 Å². The Labute approximate surface area is 115 Å². The van der Waals surface area contributed by atoms with Crippen LogP contribution in [0, 0.1) is 5.41 Å². The van der Waals surface area contributed by atoms with E-state index in [2.05, 4.69) is 55.0 Å². The van der Waals surface area contributed by atoms with Gasteiger partial charge in [0.2, 0.25) is 0 Å². The van der Waals surface area contributed by atoms with Crippen molar-refractivity contribution in [2.24, 2.45) is 5.41 Å². The standard InChI is InChI=1S/C10H15.3CO.Re/c1-7-6-10(4,5)9(3)8(7)2;3*1-2;/h1-5H3;;;;. The fourth-order valence-electron chi connectivity index (χ4n) is 1.55. The maximum absolute atomic E-state index is 7.50. The first-order valence-electron chi connectivity index (χ1n) is 4.55. The van der Waals surface area contributed by atoms with Gasteiger partial charge in [-0.15, -0.1) is 0 Å². The van der Waals surface area contributed by atoms with E-state index >= 15 is 0 Å². The molecule has 0 unspecified atom stereocenters. The van der Waals surface area contributed by atoms with Crippen LogP contribution < -0.4 is 0 Å². The monoisotopic (exact) mass is 406 g/mol. The van der Waals surface area contributed by atoms with Gasteiger partial charge in [-0.3, -0.25) is 14.4 Å². The maximum Gasteiger partial charge on any atom is 0.281 e. The second-order valence-corrected chi connectivity index (χ2v) is 5.17. The van der Waals surface area contributed by atoms with Gasteiger partial charge in [-0.25, -0.2) is 0 Å². The van der Waals surface area contributed by atoms with E-state index in [0.717, 1.165) is 0 Å². The van der Waals surface area contributed by atoms with Crippen LogP contribution in [0.5, 0.6) is 0 Å². The number of allylic oxidation sites excluding steroid dienone is 4. The molecule has 0 aliphatic heterocycles. The van der Waals surface area contributed by atoms with E-state index in [-0.39, 0.29) is 0 Å². The molecular weight excluding hydrogens is 390 g/mol. The molecule has 4 heteroatoms. The minimum atomic E-state index is 0.338. The van der Waals surface area contributed by atoms with Crippen molar-refractivity contribution in [2.75, 3.05) is 0 Å². The molecule has 0 atom stereocenters. The van der Waals surface area contributed by atoms with Crippen LogP contribution in [0.25, 0.3) is 0 Å². The molecule has 3 nitrogen and oxygen atoms in total. The summed E-state index contributed by atoms with van der Waals surface area (Å²) in [5, 5.41) is 0. The van der Waals surface area contributed by atoms with E-state index in [1.165, 1.54) is 11.1 Å². The fraction of sp³-hybridized carbons (Fsp3) is 0.462. The van der Waals surface area contributed by atoms with E-state index in [1.807, 2.05) is 19.2 Å². The normalized spacial score (nSPS) is 15.9. The van der Waals surface area contributed by atoms with E-state index in [1.54, 1.807) is 9.62 Å². The average molecular weight is 405 g/mol. The summed E-state index contributed by atoms with van der Waals surface area (Å²) in [6.45, 7) is 24.9. The predicted octanol–water partition coefficient (Wildman–Crippen LogP) is 1.99. The van der Waals surface area contributed by atoms with Crippen LogP contribution in [-0.4, -0.2) is 20.4 Å². The van der Waals surface area contributed by atoms with Crippen LogP contribution in [-0.2, 0) is 33.6 Å². The number of hydrogen-bond donors (Lipinski definition) is 0. The zero-order valence-corrected chi connectivity index (χ0v) is 13.3. The second kappa shape index (κ2) is 10.3. The van der Waals surface area contributed by atoms with Crippen LogP contribution in [0.4, 0.5) is 0 Å². The maximum atomic E-state index is 7.50. The average Bonchev–Trinajstić information content (AvgIpc) is 2.52. The first-order valence-corrected chi connectivity index (χ1v) is 5.91. The summed E-state index contributed by atoms with van der Waals surface area (Å²) in [7, 11) is 0. The summed E-state index contributed by atoms with van der Waals surface area (Å²) < 4.78 is 1.59. The molecule has 0 aromatic carbocycles. The summed E-state index contributed by atoms with van der Waals surface area (Å²) in [4.78, 5) is 22.5. The summed E-state index contributed by atoms with van der Waals surface area (Å²) >= 11 is 1.83. The molecule has 6 radical (unpaired) electrons. The largest absolute Gasteiger partial charge is 0.281 e. The SMILES string of the molecule is CC1=C(C)C(C)(C)[C]([Re])=C1C.[C]=O.[C]=O.[C]=O. The van der Waals surface area contributed by atoms with Crippen molar-refractivity contribution in [3.8, 4) is 0 Å². The zero-order chi connectivity index (χ0) is 14.8. The Kier molecular flexibility index (Phi) is 13.0. The minimum Gasteiger partial charge on any atom is -0.281 e. The molecule has 92 valence electrons. The van der Waals surface area contributed by atoms with Crippen molar-refractivity contribution in [2.45, 2.75) is 34.6 Å². The van der Waals surface area contributed by atoms with E-state index in [9.17, 15) is 0 Å². The minimum absolute atomic E-state index is 0.338. The van der Waals surface area contributed by atoms with E-state index in [4.69, 9.17) is 14.4 Å². The molecule has 1 aliphatic carbocycles. The van der Waals surface area contributed by atoms with Gasteiger partial charge < -0.3 is 0 Å². The van der Waals surface area contributed by atoms with Crippen molar-refractivity contribution in [3.63, 3.8) is 0 Å². The first-order chi connectivity index (χ1) is 7.89. The second-order valence-electron chi connectivity index (χ2n) is 3.81. The smallest absolute Gasteiger partial charge is 0.281 e. The van der Waals surface area contributed by atoms with Gasteiger partial charge in [-0.1, -0.05) is 0 Å². The molecule has 1 rings (SSSR count). The number of rotatable bonds is 0. The zero-order valence-electron chi connectivity index (χ0n) is 10.6. The van der Waals surface area contributed by atoms with Gasteiger partial charge in [0.15, 0.2) is 0 Å². The van der Waals surface area contributed by atoms with Crippen molar-refractivity contribution in [3.05, 3.63) is 20.8 Å². The summed E-state index contributed by atoms with van der Waals surface area (Å²) in [5.41, 5.74) is 4.91. The Morgan fingerprint density at radius 1 is 0.824 bits per heavy atom. The first kappa shape index (κ1) is 21.4. The quantitative estimate of drug-likeness (QED) is 0.619. The predicted molar refractivity (Wildman–Crippen MR) is 61.9 cm³/mol. The third kappa shape index (κ3) is 4.89. The Balaban J connectivity index is -0.000000285. The number of carbonyl (C=O) groups excluding carboxylic acids is 3. The van der Waals surface area contributed by atoms with Crippen LogP contribution in [0.3, 0.4) is 0 Å². The van der Waals surface area contributed by atoms with Gasteiger partial charge in [0.1, 0.15) is 0 Å². The molecule has 0 amide bonds. The van der Waals surface area contributed by atoms with Crippen molar-refractivity contribution >= 4 is 20.4 Å². The number of hydrogen-bond acceptors (Lipinski definition) is 3. The summed E-state index contributed by atoms with van der Waals surface area (Å²) in [6, 6.07) is 0. The van der Waals surface area contributed by atoms with E-state index in [0.29, 0.717) is 5.41 Å². The Hall–Kier alpha value is -0.848. The third-order valence-corrected chi connectivity index (χ3v) is 5.66. The van der Waals surface area contributed by atoms with E-state index < -0.39 is 0 Å². The molecule has 0 saturated carbocycles. The van der Waals surface area contributed by atoms with Crippen molar-refractivity contribution < 1.29 is 33.6 Å². The fourth-order valence-corrected chi connectivity index (χ4v) is 2.57. The molecule has 0 N–H and O–H groups in total. The van der Waals surface area contributed by atoms with Gasteiger partial charge in [0, 0.05) is 0 Å². The molecule has 0 aromatic rings. The summed E-state index contributed by atoms with van der Waals surface area (Å²) in [5.74, 6) is 0. The molecule has 1 aliphatic rings. The molecule has 0 fully saturated rings. The molecular formula is C13H15O3Re.